The van der Waals surface area contributed by atoms with Crippen LogP contribution in [0.25, 0.3) is 11.1 Å². The minimum absolute atomic E-state index is 0.0403. The summed E-state index contributed by atoms with van der Waals surface area (Å²) in [6.07, 6.45) is -0.334. The largest absolute Gasteiger partial charge is 0.480 e. The first kappa shape index (κ1) is 18.0. The number of benzene rings is 2. The highest BCUT2D eigenvalue weighted by molar-refractivity contribution is 5.81. The summed E-state index contributed by atoms with van der Waals surface area (Å²) in [5, 5.41) is 11.7. The summed E-state index contributed by atoms with van der Waals surface area (Å²) >= 11 is 0. The topological polar surface area (TPSA) is 75.6 Å². The summed E-state index contributed by atoms with van der Waals surface area (Å²) in [4.78, 5) is 23.4. The van der Waals surface area contributed by atoms with Crippen molar-refractivity contribution in [2.24, 2.45) is 5.92 Å². The Balaban J connectivity index is 1.70. The second-order valence-corrected chi connectivity index (χ2v) is 6.99. The number of alkyl carbamates (subject to hydrolysis) is 1. The van der Waals surface area contributed by atoms with Crippen LogP contribution in [0.15, 0.2) is 48.5 Å². The van der Waals surface area contributed by atoms with E-state index in [4.69, 9.17) is 4.74 Å². The lowest BCUT2D eigenvalue weighted by atomic mass is 9.98. The van der Waals surface area contributed by atoms with Gasteiger partial charge in [0.15, 0.2) is 0 Å². The average Bonchev–Trinajstić information content (AvgIpc) is 2.93. The van der Waals surface area contributed by atoms with Gasteiger partial charge >= 0.3 is 12.1 Å². The fourth-order valence-corrected chi connectivity index (χ4v) is 3.48. The minimum atomic E-state index is -1.05. The molecule has 1 aliphatic rings. The van der Waals surface area contributed by atoms with Crippen LogP contribution < -0.4 is 5.32 Å². The van der Waals surface area contributed by atoms with Gasteiger partial charge in [-0.25, -0.2) is 9.59 Å². The molecule has 1 aliphatic carbocycles. The van der Waals surface area contributed by atoms with Crippen molar-refractivity contribution >= 4 is 12.1 Å². The molecule has 0 fully saturated rings. The monoisotopic (exact) mass is 354 g/mol. The first-order chi connectivity index (χ1) is 12.5. The van der Waals surface area contributed by atoms with Crippen molar-refractivity contribution in [1.29, 1.82) is 0 Å². The molecule has 0 heterocycles. The summed E-state index contributed by atoms with van der Waals surface area (Å²) in [7, 11) is 0. The molecule has 0 bridgehead atoms. The number of hydrogen-bond acceptors (Lipinski definition) is 3. The fourth-order valence-electron chi connectivity index (χ4n) is 3.48. The average molecular weight is 354 g/mol. The Labute approximate surface area is 153 Å². The van der Waals surface area contributed by atoms with E-state index in [-0.39, 0.29) is 18.4 Å². The van der Waals surface area contributed by atoms with Gasteiger partial charge in [-0.3, -0.25) is 0 Å². The predicted octanol–water partition coefficient (Wildman–Crippen LogP) is 4.02. The van der Waals surface area contributed by atoms with E-state index >= 15 is 0 Å². The van der Waals surface area contributed by atoms with Crippen molar-refractivity contribution < 1.29 is 19.4 Å². The standard InChI is InChI=1S/C21H23NO4/c1-13(2)11-19(20(23)24)22-21(25)26-12-18-16-9-5-3-7-14(16)15-8-4-6-10-17(15)18/h3-10,13,18-19H,11-12H2,1-2H3,(H,22,25)(H,23,24)/t19-/m0/s1/i22+1. The molecule has 0 saturated heterocycles. The maximum Gasteiger partial charge on any atom is 0.407 e. The smallest absolute Gasteiger partial charge is 0.407 e. The zero-order valence-corrected chi connectivity index (χ0v) is 14.9. The Hall–Kier alpha value is -2.82. The van der Waals surface area contributed by atoms with Gasteiger partial charge in [0.1, 0.15) is 12.6 Å². The molecule has 0 saturated carbocycles. The summed E-state index contributed by atoms with van der Waals surface area (Å²) in [5.74, 6) is -0.932. The highest BCUT2D eigenvalue weighted by Crippen LogP contribution is 2.44. The number of hydrogen-bond donors (Lipinski definition) is 2. The van der Waals surface area contributed by atoms with E-state index in [1.807, 2.05) is 50.2 Å². The van der Waals surface area contributed by atoms with Crippen molar-refractivity contribution in [2.45, 2.75) is 32.2 Å². The van der Waals surface area contributed by atoms with Crippen molar-refractivity contribution in [1.82, 2.24) is 5.32 Å². The van der Waals surface area contributed by atoms with Crippen LogP contribution in [-0.2, 0) is 9.53 Å². The van der Waals surface area contributed by atoms with Crippen LogP contribution in [0.1, 0.15) is 37.3 Å². The van der Waals surface area contributed by atoms with E-state index in [0.717, 1.165) is 22.3 Å². The van der Waals surface area contributed by atoms with Gasteiger partial charge in [-0.05, 0) is 34.6 Å². The number of rotatable bonds is 6. The molecule has 5 heteroatoms. The van der Waals surface area contributed by atoms with Crippen LogP contribution in [0.3, 0.4) is 0 Å². The van der Waals surface area contributed by atoms with Gasteiger partial charge < -0.3 is 15.2 Å². The van der Waals surface area contributed by atoms with E-state index in [0.29, 0.717) is 6.42 Å². The van der Waals surface area contributed by atoms with Gasteiger partial charge in [0.25, 0.3) is 0 Å². The van der Waals surface area contributed by atoms with Gasteiger partial charge in [-0.1, -0.05) is 62.4 Å². The van der Waals surface area contributed by atoms with E-state index in [2.05, 4.69) is 17.4 Å². The van der Waals surface area contributed by atoms with Crippen LogP contribution in [0.4, 0.5) is 4.79 Å². The lowest BCUT2D eigenvalue weighted by molar-refractivity contribution is -0.139. The van der Waals surface area contributed by atoms with Crippen LogP contribution in [-0.4, -0.2) is 29.8 Å². The van der Waals surface area contributed by atoms with Gasteiger partial charge in [0.05, 0.1) is 0 Å². The maximum absolute atomic E-state index is 12.1. The lowest BCUT2D eigenvalue weighted by Crippen LogP contribution is -2.42. The van der Waals surface area contributed by atoms with Crippen LogP contribution >= 0.6 is 0 Å². The summed E-state index contributed by atoms with van der Waals surface area (Å²) in [6.45, 7) is 4.00. The quantitative estimate of drug-likeness (QED) is 0.768. The maximum atomic E-state index is 12.1. The second kappa shape index (κ2) is 7.60. The van der Waals surface area contributed by atoms with Crippen molar-refractivity contribution in [3.8, 4) is 11.1 Å². The SMILES string of the molecule is CC(C)C[C@H]([15NH]C(=O)OCC1c2ccccc2-c2ccccc21)C(=O)O. The molecule has 1 amide bonds. The number of ether oxygens (including phenoxy) is 1. The molecule has 0 aliphatic heterocycles. The molecule has 26 heavy (non-hydrogen) atoms. The number of carbonyl (C=O) groups is 2. The second-order valence-electron chi connectivity index (χ2n) is 6.99. The molecule has 136 valence electrons. The van der Waals surface area contributed by atoms with Gasteiger partial charge in [-0.15, -0.1) is 0 Å². The van der Waals surface area contributed by atoms with Gasteiger partial charge in [0.2, 0.25) is 0 Å². The third-order valence-corrected chi connectivity index (χ3v) is 4.64. The van der Waals surface area contributed by atoms with Crippen LogP contribution in [0, 0.1) is 5.92 Å². The Kier molecular flexibility index (Phi) is 5.26. The molecular formula is C21H23NO4. The molecule has 0 spiro atoms. The number of fused-ring (bicyclic) bond motifs is 3. The first-order valence-corrected chi connectivity index (χ1v) is 8.81. The molecule has 0 unspecified atom stereocenters. The number of carbonyl (C=O) groups excluding carboxylic acids is 1. The van der Waals surface area contributed by atoms with Crippen molar-refractivity contribution in [3.63, 3.8) is 0 Å². The first-order valence-electron chi connectivity index (χ1n) is 8.81. The van der Waals surface area contributed by atoms with Gasteiger partial charge in [-0.2, -0.15) is 0 Å². The van der Waals surface area contributed by atoms with E-state index < -0.39 is 18.1 Å². The minimum Gasteiger partial charge on any atom is -0.480 e. The summed E-state index contributed by atoms with van der Waals surface area (Å²) < 4.78 is 5.39. The normalized spacial score (nSPS) is 13.8. The molecular weight excluding hydrogens is 331 g/mol. The Morgan fingerprint density at radius 2 is 1.58 bits per heavy atom. The Morgan fingerprint density at radius 1 is 1.04 bits per heavy atom. The molecule has 5 nitrogen and oxygen atoms in total. The summed E-state index contributed by atoms with van der Waals surface area (Å²) in [6, 6.07) is 15.2. The van der Waals surface area contributed by atoms with Gasteiger partial charge in [0, 0.05) is 5.92 Å². The molecule has 2 aromatic carbocycles. The third-order valence-electron chi connectivity index (χ3n) is 4.64. The zero-order valence-electron chi connectivity index (χ0n) is 14.9. The molecule has 0 aromatic heterocycles. The van der Waals surface area contributed by atoms with E-state index in [9.17, 15) is 14.7 Å². The molecule has 3 rings (SSSR count). The highest BCUT2D eigenvalue weighted by atomic mass is 16.6. The molecule has 2 aromatic rings. The third kappa shape index (κ3) is 3.72. The molecule has 0 radical (unpaired) electrons. The number of carboxylic acid groups (broad SMARTS) is 1. The number of amides is 1. The van der Waals surface area contributed by atoms with E-state index in [1.165, 1.54) is 0 Å². The lowest BCUT2D eigenvalue weighted by Gasteiger charge is -2.18. The predicted molar refractivity (Wildman–Crippen MR) is 99.1 cm³/mol. The number of carboxylic acids is 1. The number of aliphatic carboxylic acids is 1. The Bertz CT molecular complexity index is 770. The van der Waals surface area contributed by atoms with Crippen molar-refractivity contribution in [3.05, 3.63) is 59.7 Å². The van der Waals surface area contributed by atoms with Crippen LogP contribution in [0.5, 0.6) is 0 Å². The zero-order chi connectivity index (χ0) is 18.7. The highest BCUT2D eigenvalue weighted by Gasteiger charge is 2.29. The van der Waals surface area contributed by atoms with Crippen molar-refractivity contribution in [2.75, 3.05) is 6.61 Å². The van der Waals surface area contributed by atoms with Crippen LogP contribution in [0.2, 0.25) is 0 Å². The fraction of sp³-hybridized carbons (Fsp3) is 0.333. The molecule has 2 N–H and O–H groups in total. The summed E-state index contributed by atoms with van der Waals surface area (Å²) in [5.41, 5.74) is 4.55. The molecule has 1 atom stereocenters. The number of nitrogens with one attached hydrogen (secondary N) is 1. The Morgan fingerprint density at radius 3 is 2.08 bits per heavy atom. The van der Waals surface area contributed by atoms with E-state index in [1.54, 1.807) is 0 Å².